The Labute approximate surface area is 201 Å². The summed E-state index contributed by atoms with van der Waals surface area (Å²) in [5.74, 6) is -1.87. The van der Waals surface area contributed by atoms with Crippen LogP contribution in [0.3, 0.4) is 0 Å². The lowest BCUT2D eigenvalue weighted by Gasteiger charge is -2.27. The van der Waals surface area contributed by atoms with Gasteiger partial charge in [0, 0.05) is 30.2 Å². The first-order valence-corrected chi connectivity index (χ1v) is 12.2. The summed E-state index contributed by atoms with van der Waals surface area (Å²) in [6.07, 6.45) is 1.37. The van der Waals surface area contributed by atoms with Gasteiger partial charge in [0.25, 0.3) is 5.91 Å². The van der Waals surface area contributed by atoms with Gasteiger partial charge in [-0.05, 0) is 50.5 Å². The third-order valence-electron chi connectivity index (χ3n) is 7.13. The summed E-state index contributed by atoms with van der Waals surface area (Å²) in [6.45, 7) is -0.311. The van der Waals surface area contributed by atoms with Gasteiger partial charge in [-0.25, -0.2) is 0 Å². The molecule has 0 radical (unpaired) electrons. The fraction of sp³-hybridized carbons (Fsp3) is 0.560. The number of nitrogens with zero attached hydrogens (tertiary/aromatic N) is 2. The van der Waals surface area contributed by atoms with Gasteiger partial charge >= 0.3 is 6.18 Å². The van der Waals surface area contributed by atoms with Crippen LogP contribution < -0.4 is 11.1 Å². The zero-order valence-electron chi connectivity index (χ0n) is 19.5. The highest BCUT2D eigenvalue weighted by molar-refractivity contribution is 5.95. The van der Waals surface area contributed by atoms with Crippen LogP contribution in [0.4, 0.5) is 13.2 Å². The van der Waals surface area contributed by atoms with Crippen molar-refractivity contribution in [3.8, 4) is 11.3 Å². The van der Waals surface area contributed by atoms with E-state index in [4.69, 9.17) is 5.73 Å². The number of aliphatic hydroxyl groups excluding tert-OH is 1. The van der Waals surface area contributed by atoms with Crippen molar-refractivity contribution in [3.05, 3.63) is 41.1 Å². The second-order valence-electron chi connectivity index (χ2n) is 9.51. The molecular weight excluding hydrogens is 461 g/mol. The third-order valence-corrected chi connectivity index (χ3v) is 7.13. The van der Waals surface area contributed by atoms with E-state index in [9.17, 15) is 27.9 Å². The molecule has 1 unspecified atom stereocenters. The van der Waals surface area contributed by atoms with Crippen molar-refractivity contribution in [1.29, 1.82) is 0 Å². The molecule has 1 aromatic heterocycles. The molecule has 10 heteroatoms. The van der Waals surface area contributed by atoms with Gasteiger partial charge in [-0.3, -0.25) is 14.3 Å². The van der Waals surface area contributed by atoms with Crippen LogP contribution in [0.15, 0.2) is 24.3 Å². The quantitative estimate of drug-likeness (QED) is 0.485. The van der Waals surface area contributed by atoms with Gasteiger partial charge in [-0.2, -0.15) is 18.3 Å². The normalized spacial score (nSPS) is 17.8. The third kappa shape index (κ3) is 5.37. The number of primary amides is 1. The van der Waals surface area contributed by atoms with Gasteiger partial charge in [0.2, 0.25) is 5.91 Å². The van der Waals surface area contributed by atoms with E-state index in [-0.39, 0.29) is 60.0 Å². The molecule has 4 N–H and O–H groups in total. The molecule has 0 aliphatic heterocycles. The molecule has 2 fully saturated rings. The molecule has 1 aromatic carbocycles. The van der Waals surface area contributed by atoms with E-state index in [0.29, 0.717) is 12.8 Å². The van der Waals surface area contributed by atoms with Crippen molar-refractivity contribution in [1.82, 2.24) is 15.1 Å². The Morgan fingerprint density at radius 2 is 1.83 bits per heavy atom. The number of benzene rings is 1. The number of nitrogens with two attached hydrogens (primary N) is 1. The Morgan fingerprint density at radius 3 is 2.40 bits per heavy atom. The number of aromatic nitrogens is 2. The summed E-state index contributed by atoms with van der Waals surface area (Å²) in [5.41, 5.74) is 4.95. The first-order chi connectivity index (χ1) is 16.7. The standard InChI is InChI=1S/C25H31F3N4O3/c26-25(27,28)19-11-4-3-10-18(19)23-21(15(12-13-33)14-20(34)30-16-6-5-7-16)22(24(29)35)31-32(23)17-8-1-2-9-17/h3-4,10-11,15-17,33H,1-2,5-9,12-14H2,(H2,29,35)(H,30,34). The maximum absolute atomic E-state index is 14.1. The summed E-state index contributed by atoms with van der Waals surface area (Å²) in [4.78, 5) is 25.3. The van der Waals surface area contributed by atoms with Crippen molar-refractivity contribution in [3.63, 3.8) is 0 Å². The van der Waals surface area contributed by atoms with E-state index in [1.165, 1.54) is 22.9 Å². The molecule has 1 atom stereocenters. The van der Waals surface area contributed by atoms with Gasteiger partial charge in [-0.1, -0.05) is 31.0 Å². The van der Waals surface area contributed by atoms with E-state index in [1.807, 2.05) is 0 Å². The van der Waals surface area contributed by atoms with Crippen LogP contribution in [-0.4, -0.2) is 39.4 Å². The van der Waals surface area contributed by atoms with Crippen molar-refractivity contribution >= 4 is 11.8 Å². The molecule has 7 nitrogen and oxygen atoms in total. The number of aliphatic hydroxyl groups is 1. The van der Waals surface area contributed by atoms with E-state index < -0.39 is 23.6 Å². The van der Waals surface area contributed by atoms with Crippen LogP contribution in [-0.2, 0) is 11.0 Å². The highest BCUT2D eigenvalue weighted by Crippen LogP contribution is 2.44. The summed E-state index contributed by atoms with van der Waals surface area (Å²) >= 11 is 0. The lowest BCUT2D eigenvalue weighted by Crippen LogP contribution is -2.40. The lowest BCUT2D eigenvalue weighted by molar-refractivity contribution is -0.137. The number of rotatable bonds is 9. The van der Waals surface area contributed by atoms with Crippen molar-refractivity contribution in [2.45, 2.75) is 82.0 Å². The van der Waals surface area contributed by atoms with E-state index in [0.717, 1.165) is 38.2 Å². The lowest BCUT2D eigenvalue weighted by atomic mass is 9.86. The second-order valence-corrected chi connectivity index (χ2v) is 9.51. The van der Waals surface area contributed by atoms with Gasteiger partial charge in [-0.15, -0.1) is 0 Å². The molecule has 0 saturated heterocycles. The molecular formula is C25H31F3N4O3. The fourth-order valence-corrected chi connectivity index (χ4v) is 5.20. The van der Waals surface area contributed by atoms with Gasteiger partial charge in [0.1, 0.15) is 0 Å². The molecule has 2 saturated carbocycles. The van der Waals surface area contributed by atoms with E-state index in [2.05, 4.69) is 10.4 Å². The average Bonchev–Trinajstić information content (AvgIpc) is 3.43. The van der Waals surface area contributed by atoms with Gasteiger partial charge < -0.3 is 16.2 Å². The zero-order chi connectivity index (χ0) is 25.2. The summed E-state index contributed by atoms with van der Waals surface area (Å²) in [6, 6.07) is 5.09. The number of nitrogens with one attached hydrogen (secondary N) is 1. The number of carbonyl (C=O) groups is 2. The second kappa shape index (κ2) is 10.4. The molecule has 2 amide bonds. The summed E-state index contributed by atoms with van der Waals surface area (Å²) in [7, 11) is 0. The van der Waals surface area contributed by atoms with Crippen molar-refractivity contribution in [2.75, 3.05) is 6.61 Å². The minimum atomic E-state index is -4.64. The van der Waals surface area contributed by atoms with E-state index in [1.54, 1.807) is 0 Å². The molecule has 0 bridgehead atoms. The van der Waals surface area contributed by atoms with Crippen LogP contribution in [0.5, 0.6) is 0 Å². The van der Waals surface area contributed by atoms with Crippen molar-refractivity contribution < 1.29 is 27.9 Å². The monoisotopic (exact) mass is 492 g/mol. The van der Waals surface area contributed by atoms with Crippen LogP contribution in [0.2, 0.25) is 0 Å². The molecule has 2 aliphatic carbocycles. The van der Waals surface area contributed by atoms with Gasteiger partial charge in [0.15, 0.2) is 5.69 Å². The highest BCUT2D eigenvalue weighted by atomic mass is 19.4. The minimum Gasteiger partial charge on any atom is -0.396 e. The fourth-order valence-electron chi connectivity index (χ4n) is 5.20. The number of hydrogen-bond donors (Lipinski definition) is 3. The Kier molecular flexibility index (Phi) is 7.49. The predicted molar refractivity (Wildman–Crippen MR) is 124 cm³/mol. The van der Waals surface area contributed by atoms with Crippen LogP contribution in [0.25, 0.3) is 11.3 Å². The first kappa shape index (κ1) is 25.2. The Balaban J connectivity index is 1.89. The SMILES string of the molecule is NC(=O)c1nn(C2CCCC2)c(-c2ccccc2C(F)(F)F)c1C(CCO)CC(=O)NC1CCC1. The molecule has 4 rings (SSSR count). The topological polar surface area (TPSA) is 110 Å². The summed E-state index contributed by atoms with van der Waals surface area (Å²) < 4.78 is 43.7. The number of amides is 2. The molecule has 1 heterocycles. The first-order valence-electron chi connectivity index (χ1n) is 12.2. The molecule has 2 aromatic rings. The predicted octanol–water partition coefficient (Wildman–Crippen LogP) is 4.31. The Hall–Kier alpha value is -2.88. The Morgan fingerprint density at radius 1 is 1.14 bits per heavy atom. The molecule has 190 valence electrons. The number of halogens is 3. The minimum absolute atomic E-state index is 0.0793. The highest BCUT2D eigenvalue weighted by Gasteiger charge is 2.39. The van der Waals surface area contributed by atoms with Crippen molar-refractivity contribution in [2.24, 2.45) is 5.73 Å². The van der Waals surface area contributed by atoms with Crippen LogP contribution in [0, 0.1) is 0 Å². The maximum atomic E-state index is 14.1. The number of carbonyl (C=O) groups excluding carboxylic acids is 2. The van der Waals surface area contributed by atoms with E-state index >= 15 is 0 Å². The van der Waals surface area contributed by atoms with Gasteiger partial charge in [0.05, 0.1) is 17.3 Å². The number of alkyl halides is 3. The average molecular weight is 493 g/mol. The molecule has 35 heavy (non-hydrogen) atoms. The molecule has 2 aliphatic rings. The number of hydrogen-bond acceptors (Lipinski definition) is 4. The van der Waals surface area contributed by atoms with Crippen LogP contribution in [0.1, 0.15) is 91.4 Å². The largest absolute Gasteiger partial charge is 0.417 e. The zero-order valence-corrected chi connectivity index (χ0v) is 19.5. The smallest absolute Gasteiger partial charge is 0.396 e. The van der Waals surface area contributed by atoms with Crippen LogP contribution >= 0.6 is 0 Å². The maximum Gasteiger partial charge on any atom is 0.417 e. The molecule has 0 spiro atoms. The summed E-state index contributed by atoms with van der Waals surface area (Å²) in [5, 5.41) is 17.2. The Bertz CT molecular complexity index is 1070.